The Morgan fingerprint density at radius 2 is 1.96 bits per heavy atom. The smallest absolute Gasteiger partial charge is 0.148 e. The van der Waals surface area contributed by atoms with Crippen molar-refractivity contribution in [1.29, 1.82) is 0 Å². The van der Waals surface area contributed by atoms with Crippen LogP contribution in [0.25, 0.3) is 0 Å². The lowest BCUT2D eigenvalue weighted by atomic mass is 10.1. The fourth-order valence-corrected chi connectivity index (χ4v) is 3.53. The van der Waals surface area contributed by atoms with E-state index in [9.17, 15) is 0 Å². The summed E-state index contributed by atoms with van der Waals surface area (Å²) in [6.07, 6.45) is 3.98. The summed E-state index contributed by atoms with van der Waals surface area (Å²) in [5.41, 5.74) is 3.72. The number of piperidine rings is 1. The number of aromatic nitrogens is 2. The number of nitrogens with one attached hydrogen (secondary N) is 1. The molecular formula is C20H30N4O. The van der Waals surface area contributed by atoms with Crippen molar-refractivity contribution in [2.45, 2.75) is 52.7 Å². The van der Waals surface area contributed by atoms with Crippen LogP contribution in [0, 0.1) is 6.92 Å². The van der Waals surface area contributed by atoms with Gasteiger partial charge in [-0.05, 0) is 57.5 Å². The fourth-order valence-electron chi connectivity index (χ4n) is 3.53. The minimum absolute atomic E-state index is 0.775. The van der Waals surface area contributed by atoms with Gasteiger partial charge in [0.15, 0.2) is 0 Å². The summed E-state index contributed by atoms with van der Waals surface area (Å²) >= 11 is 0. The number of methoxy groups -OCH3 is 1. The molecule has 1 N–H and O–H groups in total. The van der Waals surface area contributed by atoms with E-state index >= 15 is 0 Å². The van der Waals surface area contributed by atoms with Gasteiger partial charge in [-0.3, -0.25) is 9.58 Å². The Kier molecular flexibility index (Phi) is 5.97. The third kappa shape index (κ3) is 4.54. The molecule has 0 radical (unpaired) electrons. The first kappa shape index (κ1) is 17.8. The summed E-state index contributed by atoms with van der Waals surface area (Å²) < 4.78 is 7.59. The largest absolute Gasteiger partial charge is 0.496 e. The normalized spacial score (nSPS) is 15.3. The molecule has 2 heterocycles. The van der Waals surface area contributed by atoms with Crippen molar-refractivity contribution in [2.24, 2.45) is 0 Å². The molecule has 0 amide bonds. The van der Waals surface area contributed by atoms with Gasteiger partial charge in [-0.1, -0.05) is 12.5 Å². The van der Waals surface area contributed by atoms with Gasteiger partial charge < -0.3 is 10.1 Å². The lowest BCUT2D eigenvalue weighted by molar-refractivity contribution is 0.218. The van der Waals surface area contributed by atoms with Gasteiger partial charge in [-0.15, -0.1) is 0 Å². The van der Waals surface area contributed by atoms with Gasteiger partial charge in [0.25, 0.3) is 0 Å². The Labute approximate surface area is 151 Å². The summed E-state index contributed by atoms with van der Waals surface area (Å²) in [5, 5.41) is 8.00. The number of likely N-dealkylation sites (tertiary alicyclic amines) is 1. The van der Waals surface area contributed by atoms with Gasteiger partial charge in [-0.25, -0.2) is 0 Å². The maximum Gasteiger partial charge on any atom is 0.148 e. The molecule has 1 aliphatic heterocycles. The molecule has 1 aliphatic rings. The molecule has 1 aromatic carbocycles. The first-order valence-electron chi connectivity index (χ1n) is 9.36. The molecule has 1 aromatic heterocycles. The molecule has 5 nitrogen and oxygen atoms in total. The quantitative estimate of drug-likeness (QED) is 0.831. The number of hydrogen-bond donors (Lipinski definition) is 1. The van der Waals surface area contributed by atoms with E-state index in [0.29, 0.717) is 0 Å². The number of anilines is 1. The Morgan fingerprint density at radius 3 is 2.64 bits per heavy atom. The molecule has 3 rings (SSSR count). The molecule has 1 fully saturated rings. The number of hydrogen-bond acceptors (Lipinski definition) is 4. The molecule has 0 bridgehead atoms. The van der Waals surface area contributed by atoms with Gasteiger partial charge in [0.1, 0.15) is 11.6 Å². The van der Waals surface area contributed by atoms with E-state index < -0.39 is 0 Å². The Morgan fingerprint density at radius 1 is 1.16 bits per heavy atom. The van der Waals surface area contributed by atoms with E-state index in [1.165, 1.54) is 49.2 Å². The van der Waals surface area contributed by atoms with Gasteiger partial charge in [0, 0.05) is 37.0 Å². The van der Waals surface area contributed by atoms with Crippen molar-refractivity contribution >= 4 is 5.82 Å². The minimum Gasteiger partial charge on any atom is -0.496 e. The summed E-state index contributed by atoms with van der Waals surface area (Å²) in [6, 6.07) is 8.59. The standard InChI is InChI=1S/C20H30N4O/c1-4-24-16(2)12-20(22-24)21-14-17-8-9-19(25-3)18(13-17)15-23-10-6-5-7-11-23/h8-9,12-13H,4-7,10-11,14-15H2,1-3H3,(H,21,22). The van der Waals surface area contributed by atoms with Crippen LogP contribution in [0.4, 0.5) is 5.82 Å². The van der Waals surface area contributed by atoms with Gasteiger partial charge in [0.2, 0.25) is 0 Å². The van der Waals surface area contributed by atoms with Crippen molar-refractivity contribution in [3.05, 3.63) is 41.1 Å². The first-order chi connectivity index (χ1) is 12.2. The Hall–Kier alpha value is -2.01. The summed E-state index contributed by atoms with van der Waals surface area (Å²) in [7, 11) is 1.76. The predicted molar refractivity (Wildman–Crippen MR) is 102 cm³/mol. The lowest BCUT2D eigenvalue weighted by Crippen LogP contribution is -2.29. The van der Waals surface area contributed by atoms with Crippen LogP contribution >= 0.6 is 0 Å². The van der Waals surface area contributed by atoms with Crippen molar-refractivity contribution < 1.29 is 4.74 Å². The van der Waals surface area contributed by atoms with Crippen LogP contribution < -0.4 is 10.1 Å². The maximum absolute atomic E-state index is 5.58. The Bertz CT molecular complexity index is 689. The van der Waals surface area contributed by atoms with E-state index in [1.54, 1.807) is 7.11 Å². The predicted octanol–water partition coefficient (Wildman–Crippen LogP) is 3.82. The highest BCUT2D eigenvalue weighted by atomic mass is 16.5. The molecule has 0 atom stereocenters. The number of aryl methyl sites for hydroxylation is 2. The lowest BCUT2D eigenvalue weighted by Gasteiger charge is -2.27. The molecular weight excluding hydrogens is 312 g/mol. The van der Waals surface area contributed by atoms with Crippen LogP contribution in [0.15, 0.2) is 24.3 Å². The molecule has 0 aliphatic carbocycles. The average molecular weight is 342 g/mol. The maximum atomic E-state index is 5.58. The van der Waals surface area contributed by atoms with Crippen molar-refractivity contribution in [2.75, 3.05) is 25.5 Å². The molecule has 2 aromatic rings. The zero-order chi connectivity index (χ0) is 17.6. The third-order valence-corrected chi connectivity index (χ3v) is 4.94. The van der Waals surface area contributed by atoms with E-state index in [2.05, 4.69) is 53.4 Å². The minimum atomic E-state index is 0.775. The summed E-state index contributed by atoms with van der Waals surface area (Å²) in [6.45, 7) is 9.23. The Balaban J connectivity index is 1.67. The fraction of sp³-hybridized carbons (Fsp3) is 0.550. The molecule has 25 heavy (non-hydrogen) atoms. The van der Waals surface area contributed by atoms with Gasteiger partial charge >= 0.3 is 0 Å². The summed E-state index contributed by atoms with van der Waals surface area (Å²) in [4.78, 5) is 2.53. The molecule has 0 saturated carbocycles. The van der Waals surface area contributed by atoms with Crippen LogP contribution in [-0.4, -0.2) is 34.9 Å². The molecule has 0 spiro atoms. The topological polar surface area (TPSA) is 42.3 Å². The van der Waals surface area contributed by atoms with Crippen LogP contribution in [0.3, 0.4) is 0 Å². The first-order valence-corrected chi connectivity index (χ1v) is 9.36. The third-order valence-electron chi connectivity index (χ3n) is 4.94. The monoisotopic (exact) mass is 342 g/mol. The van der Waals surface area contributed by atoms with Crippen LogP contribution in [0.5, 0.6) is 5.75 Å². The average Bonchev–Trinajstić information content (AvgIpc) is 3.01. The second-order valence-corrected chi connectivity index (χ2v) is 6.82. The van der Waals surface area contributed by atoms with Crippen LogP contribution in [0.2, 0.25) is 0 Å². The van der Waals surface area contributed by atoms with Gasteiger partial charge in [-0.2, -0.15) is 5.10 Å². The van der Waals surface area contributed by atoms with E-state index in [-0.39, 0.29) is 0 Å². The van der Waals surface area contributed by atoms with E-state index in [0.717, 1.165) is 31.2 Å². The number of nitrogens with zero attached hydrogens (tertiary/aromatic N) is 3. The second kappa shape index (κ2) is 8.39. The van der Waals surface area contributed by atoms with Crippen LogP contribution in [0.1, 0.15) is 43.0 Å². The van der Waals surface area contributed by atoms with E-state index in [4.69, 9.17) is 4.74 Å². The zero-order valence-electron chi connectivity index (χ0n) is 15.7. The van der Waals surface area contributed by atoms with Crippen LogP contribution in [-0.2, 0) is 19.6 Å². The number of ether oxygens (including phenoxy) is 1. The highest BCUT2D eigenvalue weighted by Gasteiger charge is 2.13. The van der Waals surface area contributed by atoms with Crippen molar-refractivity contribution in [3.63, 3.8) is 0 Å². The van der Waals surface area contributed by atoms with Gasteiger partial charge in [0.05, 0.1) is 7.11 Å². The zero-order valence-corrected chi connectivity index (χ0v) is 15.7. The molecule has 0 unspecified atom stereocenters. The summed E-state index contributed by atoms with van der Waals surface area (Å²) in [5.74, 6) is 1.92. The second-order valence-electron chi connectivity index (χ2n) is 6.82. The SMILES string of the molecule is CCn1nc(NCc2ccc(OC)c(CN3CCCCC3)c2)cc1C. The number of benzene rings is 1. The van der Waals surface area contributed by atoms with E-state index in [1.807, 2.05) is 4.68 Å². The highest BCUT2D eigenvalue weighted by molar-refractivity contribution is 5.41. The number of rotatable bonds is 7. The molecule has 5 heteroatoms. The van der Waals surface area contributed by atoms with Crippen molar-refractivity contribution in [1.82, 2.24) is 14.7 Å². The van der Waals surface area contributed by atoms with Crippen molar-refractivity contribution in [3.8, 4) is 5.75 Å². The highest BCUT2D eigenvalue weighted by Crippen LogP contribution is 2.24. The molecule has 1 saturated heterocycles. The molecule has 136 valence electrons.